The van der Waals surface area contributed by atoms with Gasteiger partial charge in [-0.25, -0.2) is 14.8 Å². The molecule has 0 aliphatic heterocycles. The molecule has 2 heterocycles. The highest BCUT2D eigenvalue weighted by Crippen LogP contribution is 2.39. The number of benzene rings is 2. The summed E-state index contributed by atoms with van der Waals surface area (Å²) < 4.78 is 39.0. The minimum atomic E-state index is -4.69. The van der Waals surface area contributed by atoms with Gasteiger partial charge in [-0.05, 0) is 28.7 Å². The number of nitrogens with zero attached hydrogens (tertiary/aromatic N) is 2. The number of aromatic carboxylic acids is 1. The number of pyridine rings is 1. The Morgan fingerprint density at radius 1 is 1.00 bits per heavy atom. The summed E-state index contributed by atoms with van der Waals surface area (Å²) in [6.07, 6.45) is -4.09. The van der Waals surface area contributed by atoms with Crippen molar-refractivity contribution in [2.45, 2.75) is 25.9 Å². The second-order valence-corrected chi connectivity index (χ2v) is 8.88. The molecule has 9 heteroatoms. The quantitative estimate of drug-likeness (QED) is 0.298. The molecule has 2 aromatic heterocycles. The van der Waals surface area contributed by atoms with Gasteiger partial charge in [-0.3, -0.25) is 0 Å². The maximum absolute atomic E-state index is 13.0. The van der Waals surface area contributed by atoms with Crippen LogP contribution in [-0.2, 0) is 6.18 Å². The topological polar surface area (TPSA) is 75.1 Å². The Labute approximate surface area is 198 Å². The number of carboxylic acids is 1. The SMILES string of the molecule is CC(C)c1nc(Nc2ncc(C(F)(F)F)cc2C(=O)O)sc1-c1ccc(-c2ccccc2)cc1. The maximum atomic E-state index is 13.0. The van der Waals surface area contributed by atoms with Crippen molar-refractivity contribution in [3.05, 3.63) is 83.7 Å². The molecule has 0 bridgehead atoms. The van der Waals surface area contributed by atoms with Gasteiger partial charge in [0.2, 0.25) is 0 Å². The Morgan fingerprint density at radius 3 is 2.21 bits per heavy atom. The fourth-order valence-corrected chi connectivity index (χ4v) is 4.54. The molecular weight excluding hydrogens is 463 g/mol. The Balaban J connectivity index is 1.68. The maximum Gasteiger partial charge on any atom is 0.417 e. The number of alkyl halides is 3. The molecule has 0 unspecified atom stereocenters. The average molecular weight is 484 g/mol. The van der Waals surface area contributed by atoms with Gasteiger partial charge in [-0.15, -0.1) is 0 Å². The molecule has 0 fully saturated rings. The summed E-state index contributed by atoms with van der Waals surface area (Å²) in [6.45, 7) is 3.97. The van der Waals surface area contributed by atoms with E-state index in [-0.39, 0.29) is 11.7 Å². The first-order chi connectivity index (χ1) is 16.1. The fourth-order valence-electron chi connectivity index (χ4n) is 3.41. The van der Waals surface area contributed by atoms with Crippen molar-refractivity contribution in [1.29, 1.82) is 0 Å². The minimum absolute atomic E-state index is 0.0649. The van der Waals surface area contributed by atoms with Crippen molar-refractivity contribution in [3.8, 4) is 21.6 Å². The van der Waals surface area contributed by atoms with Crippen LogP contribution in [0.3, 0.4) is 0 Å². The molecule has 5 nitrogen and oxygen atoms in total. The van der Waals surface area contributed by atoms with Crippen LogP contribution in [0, 0.1) is 0 Å². The zero-order valence-electron chi connectivity index (χ0n) is 18.2. The van der Waals surface area contributed by atoms with Crippen LogP contribution >= 0.6 is 11.3 Å². The smallest absolute Gasteiger partial charge is 0.417 e. The highest BCUT2D eigenvalue weighted by atomic mass is 32.1. The largest absolute Gasteiger partial charge is 0.478 e. The summed E-state index contributed by atoms with van der Waals surface area (Å²) >= 11 is 1.29. The lowest BCUT2D eigenvalue weighted by Crippen LogP contribution is -2.11. The van der Waals surface area contributed by atoms with Crippen molar-refractivity contribution in [3.63, 3.8) is 0 Å². The van der Waals surface area contributed by atoms with Crippen LogP contribution in [0.15, 0.2) is 66.9 Å². The van der Waals surface area contributed by atoms with E-state index in [4.69, 9.17) is 0 Å². The first-order valence-corrected chi connectivity index (χ1v) is 11.2. The molecule has 2 N–H and O–H groups in total. The third kappa shape index (κ3) is 4.94. The number of rotatable bonds is 6. The van der Waals surface area contributed by atoms with E-state index >= 15 is 0 Å². The molecule has 0 amide bonds. The second kappa shape index (κ2) is 9.26. The summed E-state index contributed by atoms with van der Waals surface area (Å²) in [5.41, 5.74) is 2.19. The number of hydrogen-bond acceptors (Lipinski definition) is 5. The number of anilines is 2. The molecule has 0 aliphatic carbocycles. The van der Waals surface area contributed by atoms with E-state index in [1.807, 2.05) is 68.4 Å². The van der Waals surface area contributed by atoms with Gasteiger partial charge < -0.3 is 10.4 Å². The molecule has 0 radical (unpaired) electrons. The number of hydrogen-bond donors (Lipinski definition) is 2. The highest BCUT2D eigenvalue weighted by molar-refractivity contribution is 7.19. The molecule has 34 heavy (non-hydrogen) atoms. The number of halogens is 3. The van der Waals surface area contributed by atoms with Gasteiger partial charge in [0.15, 0.2) is 5.13 Å². The molecule has 2 aromatic carbocycles. The summed E-state index contributed by atoms with van der Waals surface area (Å²) in [7, 11) is 0. The molecule has 0 atom stereocenters. The van der Waals surface area contributed by atoms with Crippen molar-refractivity contribution in [2.75, 3.05) is 5.32 Å². The zero-order valence-corrected chi connectivity index (χ0v) is 19.0. The Kier molecular flexibility index (Phi) is 6.39. The minimum Gasteiger partial charge on any atom is -0.478 e. The standard InChI is InChI=1S/C25H20F3N3O2S/c1-14(2)20-21(17-10-8-16(9-11-17)15-6-4-3-5-7-15)34-24(30-20)31-22-19(23(32)33)12-18(13-29-22)25(26,27)28/h3-14H,1-2H3,(H,32,33)(H,29,30,31). The summed E-state index contributed by atoms with van der Waals surface area (Å²) in [5.74, 6) is -1.65. The van der Waals surface area contributed by atoms with E-state index in [0.717, 1.165) is 27.3 Å². The zero-order chi connectivity index (χ0) is 24.5. The van der Waals surface area contributed by atoms with Crippen molar-refractivity contribution >= 4 is 28.3 Å². The molecule has 0 spiro atoms. The van der Waals surface area contributed by atoms with E-state index in [0.29, 0.717) is 17.4 Å². The van der Waals surface area contributed by atoms with Crippen LogP contribution in [0.2, 0.25) is 0 Å². The van der Waals surface area contributed by atoms with Crippen molar-refractivity contribution < 1.29 is 23.1 Å². The van der Waals surface area contributed by atoms with Crippen LogP contribution in [-0.4, -0.2) is 21.0 Å². The van der Waals surface area contributed by atoms with Gasteiger partial charge in [0, 0.05) is 6.20 Å². The van der Waals surface area contributed by atoms with Crippen LogP contribution in [0.25, 0.3) is 21.6 Å². The average Bonchev–Trinajstić information content (AvgIpc) is 3.23. The Morgan fingerprint density at radius 2 is 1.62 bits per heavy atom. The predicted octanol–water partition coefficient (Wildman–Crippen LogP) is 7.46. The van der Waals surface area contributed by atoms with Crippen molar-refractivity contribution in [2.24, 2.45) is 0 Å². The normalized spacial score (nSPS) is 11.6. The second-order valence-electron chi connectivity index (χ2n) is 7.88. The number of carbonyl (C=O) groups is 1. The number of aromatic nitrogens is 2. The molecule has 0 saturated heterocycles. The van der Waals surface area contributed by atoms with Gasteiger partial charge in [-0.2, -0.15) is 13.2 Å². The van der Waals surface area contributed by atoms with Gasteiger partial charge in [0.1, 0.15) is 11.4 Å². The fraction of sp³-hybridized carbons (Fsp3) is 0.160. The van der Waals surface area contributed by atoms with E-state index in [2.05, 4.69) is 15.3 Å². The molecule has 0 aliphatic rings. The van der Waals surface area contributed by atoms with Crippen LogP contribution in [0.4, 0.5) is 24.1 Å². The van der Waals surface area contributed by atoms with Gasteiger partial charge in [-0.1, -0.05) is 79.8 Å². The van der Waals surface area contributed by atoms with Gasteiger partial charge >= 0.3 is 12.1 Å². The number of thiazole rings is 1. The Bertz CT molecular complexity index is 1320. The molecule has 4 aromatic rings. The third-order valence-corrected chi connectivity index (χ3v) is 6.16. The lowest BCUT2D eigenvalue weighted by Gasteiger charge is -2.10. The number of nitrogens with one attached hydrogen (secondary N) is 1. The number of carboxylic acid groups (broad SMARTS) is 1. The van der Waals surface area contributed by atoms with E-state index in [1.54, 1.807) is 0 Å². The molecular formula is C25H20F3N3O2S. The van der Waals surface area contributed by atoms with Gasteiger partial charge in [0.25, 0.3) is 0 Å². The Hall–Kier alpha value is -3.72. The van der Waals surface area contributed by atoms with Crippen LogP contribution in [0.1, 0.15) is 41.4 Å². The van der Waals surface area contributed by atoms with E-state index in [1.165, 1.54) is 11.3 Å². The molecule has 0 saturated carbocycles. The highest BCUT2D eigenvalue weighted by Gasteiger charge is 2.32. The summed E-state index contributed by atoms with van der Waals surface area (Å²) in [4.78, 5) is 20.8. The summed E-state index contributed by atoms with van der Waals surface area (Å²) in [6, 6.07) is 18.5. The predicted molar refractivity (Wildman–Crippen MR) is 127 cm³/mol. The van der Waals surface area contributed by atoms with E-state index < -0.39 is 23.3 Å². The van der Waals surface area contributed by atoms with E-state index in [9.17, 15) is 23.1 Å². The van der Waals surface area contributed by atoms with Crippen molar-refractivity contribution in [1.82, 2.24) is 9.97 Å². The molecule has 4 rings (SSSR count). The monoisotopic (exact) mass is 483 g/mol. The first kappa shape index (κ1) is 23.4. The lowest BCUT2D eigenvalue weighted by atomic mass is 10.0. The van der Waals surface area contributed by atoms with Gasteiger partial charge in [0.05, 0.1) is 16.1 Å². The molecule has 174 valence electrons. The summed E-state index contributed by atoms with van der Waals surface area (Å²) in [5, 5.41) is 12.6. The lowest BCUT2D eigenvalue weighted by molar-refractivity contribution is -0.137. The van der Waals surface area contributed by atoms with Crippen LogP contribution in [0.5, 0.6) is 0 Å². The first-order valence-electron chi connectivity index (χ1n) is 10.4. The van der Waals surface area contributed by atoms with Crippen LogP contribution < -0.4 is 5.32 Å². The third-order valence-electron chi connectivity index (χ3n) is 5.13.